The zero-order chi connectivity index (χ0) is 31.3. The first-order valence-corrected chi connectivity index (χ1v) is 17.5. The van der Waals surface area contributed by atoms with E-state index in [1.165, 1.54) is 31.2 Å². The molecule has 1 unspecified atom stereocenters. The molecule has 4 rings (SSSR count). The van der Waals surface area contributed by atoms with E-state index < -0.39 is 11.6 Å². The van der Waals surface area contributed by atoms with Crippen LogP contribution in [0.25, 0.3) is 0 Å². The molecule has 1 aromatic heterocycles. The summed E-state index contributed by atoms with van der Waals surface area (Å²) in [7, 11) is 0. The van der Waals surface area contributed by atoms with E-state index >= 15 is 0 Å². The summed E-state index contributed by atoms with van der Waals surface area (Å²) in [6.07, 6.45) is 17.6. The Hall–Kier alpha value is -2.54. The number of aryl methyl sites for hydroxylation is 2. The first-order chi connectivity index (χ1) is 21.4. The molecule has 0 aliphatic carbocycles. The van der Waals surface area contributed by atoms with Gasteiger partial charge in [0, 0.05) is 68.7 Å². The van der Waals surface area contributed by atoms with Gasteiger partial charge >= 0.3 is 0 Å². The number of hydrogen-bond acceptors (Lipinski definition) is 5. The van der Waals surface area contributed by atoms with Gasteiger partial charge in [-0.25, -0.2) is 18.7 Å². The van der Waals surface area contributed by atoms with Gasteiger partial charge in [0.25, 0.3) is 0 Å². The van der Waals surface area contributed by atoms with E-state index in [0.29, 0.717) is 18.3 Å². The van der Waals surface area contributed by atoms with Gasteiger partial charge in [0.1, 0.15) is 11.6 Å². The van der Waals surface area contributed by atoms with Crippen molar-refractivity contribution < 1.29 is 8.78 Å². The fourth-order valence-corrected chi connectivity index (χ4v) is 6.61. The summed E-state index contributed by atoms with van der Waals surface area (Å²) < 4.78 is 30.0. The van der Waals surface area contributed by atoms with Crippen LogP contribution in [0.3, 0.4) is 0 Å². The minimum absolute atomic E-state index is 0.150. The van der Waals surface area contributed by atoms with Crippen LogP contribution < -0.4 is 10.2 Å². The summed E-state index contributed by atoms with van der Waals surface area (Å²) in [5.74, 6) is 2.09. The number of nitrogens with one attached hydrogen (secondary N) is 1. The minimum Gasteiger partial charge on any atom is -0.374 e. The molecule has 0 spiro atoms. The van der Waals surface area contributed by atoms with E-state index in [1.807, 2.05) is 12.4 Å². The molecule has 2 aliphatic rings. The van der Waals surface area contributed by atoms with Gasteiger partial charge in [-0.2, -0.15) is 0 Å². The number of nitrogens with zero attached hydrogens (tertiary/aromatic N) is 4. The van der Waals surface area contributed by atoms with Gasteiger partial charge < -0.3 is 15.1 Å². The Balaban J connectivity index is 1.09. The first kappa shape index (κ1) is 34.3. The molecule has 0 radical (unpaired) electrons. The van der Waals surface area contributed by atoms with E-state index in [4.69, 9.17) is 0 Å². The van der Waals surface area contributed by atoms with Crippen LogP contribution in [0.2, 0.25) is 0 Å². The van der Waals surface area contributed by atoms with Crippen molar-refractivity contribution in [2.45, 2.75) is 104 Å². The number of likely N-dealkylation sites (tertiary alicyclic amines) is 1. The van der Waals surface area contributed by atoms with Gasteiger partial charge in [0.2, 0.25) is 5.95 Å². The number of unbranched alkanes of at least 4 members (excludes halogenated alkanes) is 2. The second-order valence-electron chi connectivity index (χ2n) is 13.6. The number of halogens is 2. The van der Waals surface area contributed by atoms with Gasteiger partial charge in [-0.05, 0) is 80.2 Å². The van der Waals surface area contributed by atoms with E-state index in [9.17, 15) is 8.78 Å². The highest BCUT2D eigenvalue weighted by Gasteiger charge is 2.28. The molecule has 3 heterocycles. The zero-order valence-electron chi connectivity index (χ0n) is 27.7. The van der Waals surface area contributed by atoms with Crippen molar-refractivity contribution in [3.05, 3.63) is 65.1 Å². The number of benzene rings is 1. The van der Waals surface area contributed by atoms with Crippen molar-refractivity contribution in [2.75, 3.05) is 44.2 Å². The van der Waals surface area contributed by atoms with Crippen molar-refractivity contribution in [1.82, 2.24) is 20.2 Å². The van der Waals surface area contributed by atoms with Crippen LogP contribution >= 0.6 is 0 Å². The topological polar surface area (TPSA) is 44.3 Å². The molecule has 5 nitrogen and oxygen atoms in total. The molecule has 7 heteroatoms. The van der Waals surface area contributed by atoms with Crippen molar-refractivity contribution in [3.63, 3.8) is 0 Å². The molecule has 1 aromatic carbocycles. The summed E-state index contributed by atoms with van der Waals surface area (Å²) in [5.41, 5.74) is 2.92. The number of allylic oxidation sites excluding steroid dienone is 1. The summed E-state index contributed by atoms with van der Waals surface area (Å²) in [5, 5.41) is 3.58. The number of anilines is 1. The molecular weight excluding hydrogens is 552 g/mol. The minimum atomic E-state index is -0.436. The fraction of sp³-hybridized carbons (Fsp3) is 0.676. The van der Waals surface area contributed by atoms with Gasteiger partial charge in [-0.1, -0.05) is 65.9 Å². The monoisotopic (exact) mass is 609 g/mol. The highest BCUT2D eigenvalue weighted by Crippen LogP contribution is 2.27. The fourth-order valence-electron chi connectivity index (χ4n) is 6.61. The number of rotatable bonds is 19. The van der Waals surface area contributed by atoms with Gasteiger partial charge in [-0.3, -0.25) is 0 Å². The number of piperidine rings is 1. The molecule has 2 aliphatic heterocycles. The number of hydrogen-bond donors (Lipinski definition) is 1. The predicted molar refractivity (Wildman–Crippen MR) is 179 cm³/mol. The molecule has 244 valence electrons. The Morgan fingerprint density at radius 3 is 2.32 bits per heavy atom. The van der Waals surface area contributed by atoms with Crippen molar-refractivity contribution in [3.8, 4) is 0 Å². The lowest BCUT2D eigenvalue weighted by Crippen LogP contribution is -2.50. The number of aromatic nitrogens is 2. The molecule has 1 N–H and O–H groups in total. The molecule has 0 amide bonds. The van der Waals surface area contributed by atoms with Crippen LogP contribution in [0, 0.1) is 29.4 Å². The average molecular weight is 610 g/mol. The summed E-state index contributed by atoms with van der Waals surface area (Å²) in [4.78, 5) is 13.6. The van der Waals surface area contributed by atoms with E-state index in [1.54, 1.807) is 12.1 Å². The molecule has 2 fully saturated rings. The summed E-state index contributed by atoms with van der Waals surface area (Å²) >= 11 is 0. The zero-order valence-corrected chi connectivity index (χ0v) is 27.7. The summed E-state index contributed by atoms with van der Waals surface area (Å²) in [6, 6.07) is 3.08. The Bertz CT molecular complexity index is 1120. The smallest absolute Gasteiger partial charge is 0.225 e. The van der Waals surface area contributed by atoms with Crippen LogP contribution in [0.4, 0.5) is 14.7 Å². The van der Waals surface area contributed by atoms with Crippen molar-refractivity contribution in [1.29, 1.82) is 0 Å². The quantitative estimate of drug-likeness (QED) is 0.163. The lowest BCUT2D eigenvalue weighted by atomic mass is 9.91. The molecule has 2 aromatic rings. The van der Waals surface area contributed by atoms with E-state index in [-0.39, 0.29) is 12.0 Å². The lowest BCUT2D eigenvalue weighted by molar-refractivity contribution is 0.138. The van der Waals surface area contributed by atoms with Gasteiger partial charge in [-0.15, -0.1) is 0 Å². The van der Waals surface area contributed by atoms with Crippen molar-refractivity contribution >= 4 is 5.95 Å². The second-order valence-corrected chi connectivity index (χ2v) is 13.6. The van der Waals surface area contributed by atoms with Gasteiger partial charge in [0.05, 0.1) is 0 Å². The normalized spacial score (nSPS) is 16.8. The summed E-state index contributed by atoms with van der Waals surface area (Å²) in [6.45, 7) is 16.8. The third-order valence-electron chi connectivity index (χ3n) is 9.87. The molecule has 2 saturated heterocycles. The van der Waals surface area contributed by atoms with Crippen LogP contribution in [-0.2, 0) is 19.3 Å². The third kappa shape index (κ3) is 10.5. The maximum Gasteiger partial charge on any atom is 0.225 e. The molecular formula is C37H57F2N5. The van der Waals surface area contributed by atoms with Crippen LogP contribution in [0.1, 0.15) is 102 Å². The first-order valence-electron chi connectivity index (χ1n) is 17.5. The molecule has 0 bridgehead atoms. The second kappa shape index (κ2) is 17.8. The molecule has 0 saturated carbocycles. The van der Waals surface area contributed by atoms with Gasteiger partial charge in [0.15, 0.2) is 0 Å². The average Bonchev–Trinajstić information content (AvgIpc) is 3.00. The van der Waals surface area contributed by atoms with E-state index in [0.717, 1.165) is 107 Å². The lowest BCUT2D eigenvalue weighted by Gasteiger charge is -2.42. The maximum atomic E-state index is 15.0. The Morgan fingerprint density at radius 2 is 1.66 bits per heavy atom. The maximum absolute atomic E-state index is 15.0. The van der Waals surface area contributed by atoms with Crippen molar-refractivity contribution in [2.24, 2.45) is 17.8 Å². The molecule has 1 atom stereocenters. The van der Waals surface area contributed by atoms with Crippen LogP contribution in [-0.4, -0.2) is 54.1 Å². The Morgan fingerprint density at radius 1 is 0.955 bits per heavy atom. The largest absolute Gasteiger partial charge is 0.374 e. The Kier molecular flexibility index (Phi) is 13.9. The SMILES string of the molecule is C=C(Cc1c(F)cc(CCCCC2CCN(c3ncc(CCC)cn3)CC2)cc1F)N1CC(CNCCCCC(C)CC)C1. The predicted octanol–water partition coefficient (Wildman–Crippen LogP) is 8.13. The van der Waals surface area contributed by atoms with Crippen LogP contribution in [0.5, 0.6) is 0 Å². The van der Waals surface area contributed by atoms with E-state index in [2.05, 4.69) is 52.4 Å². The van der Waals surface area contributed by atoms with Crippen LogP contribution in [0.15, 0.2) is 36.8 Å². The molecule has 44 heavy (non-hydrogen) atoms. The third-order valence-corrected chi connectivity index (χ3v) is 9.87. The standard InChI is InChI=1S/C37H57F2N5/c1-5-11-32-24-41-37(42-25-32)43-18-15-30(16-19-43)13-7-8-14-31-21-35(38)34(36(39)22-31)20-29(4)44-26-33(27-44)23-40-17-10-9-12-28(3)6-2/h21-22,24-25,28,30,33,40H,4-20,23,26-27H2,1-3H3. The Labute approximate surface area is 265 Å². The highest BCUT2D eigenvalue weighted by atomic mass is 19.1. The highest BCUT2D eigenvalue weighted by molar-refractivity contribution is 5.31.